The summed E-state index contributed by atoms with van der Waals surface area (Å²) >= 11 is 6.03. The molecule has 0 aliphatic rings. The summed E-state index contributed by atoms with van der Waals surface area (Å²) in [5.41, 5.74) is 0.117. The van der Waals surface area contributed by atoms with Gasteiger partial charge >= 0.3 is 5.69 Å². The molecule has 9 heteroatoms. The van der Waals surface area contributed by atoms with E-state index in [0.29, 0.717) is 22.2 Å². The number of hydrogen-bond donors (Lipinski definition) is 1. The lowest BCUT2D eigenvalue weighted by Gasteiger charge is -2.13. The largest absolute Gasteiger partial charge is 0.495 e. The van der Waals surface area contributed by atoms with Crippen molar-refractivity contribution in [2.45, 2.75) is 6.92 Å². The molecule has 1 N–H and O–H groups in total. The summed E-state index contributed by atoms with van der Waals surface area (Å²) in [6, 6.07) is 6.97. The zero-order valence-electron chi connectivity index (χ0n) is 14.4. The van der Waals surface area contributed by atoms with Gasteiger partial charge in [0.2, 0.25) is 0 Å². The van der Waals surface area contributed by atoms with Crippen LogP contribution in [0.1, 0.15) is 17.3 Å². The predicted molar refractivity (Wildman–Crippen MR) is 96.8 cm³/mol. The minimum absolute atomic E-state index is 0.0936. The molecule has 2 aromatic rings. The molecule has 1 amide bonds. The molecule has 26 heavy (non-hydrogen) atoms. The molecule has 0 heterocycles. The van der Waals surface area contributed by atoms with Crippen LogP contribution in [-0.4, -0.2) is 31.7 Å². The Morgan fingerprint density at radius 3 is 2.42 bits per heavy atom. The fraction of sp³-hybridized carbons (Fsp3) is 0.235. The van der Waals surface area contributed by atoms with E-state index < -0.39 is 10.8 Å². The molecule has 0 spiro atoms. The average molecular weight is 381 g/mol. The van der Waals surface area contributed by atoms with Crippen LogP contribution in [0.15, 0.2) is 30.3 Å². The van der Waals surface area contributed by atoms with Crippen LogP contribution in [0.4, 0.5) is 11.4 Å². The highest BCUT2D eigenvalue weighted by Crippen LogP contribution is 2.36. The molecule has 0 bridgehead atoms. The van der Waals surface area contributed by atoms with Crippen LogP contribution in [0.25, 0.3) is 0 Å². The van der Waals surface area contributed by atoms with E-state index in [1.807, 2.05) is 0 Å². The number of hydrogen-bond acceptors (Lipinski definition) is 6. The van der Waals surface area contributed by atoms with Gasteiger partial charge < -0.3 is 19.5 Å². The van der Waals surface area contributed by atoms with Gasteiger partial charge in [-0.3, -0.25) is 14.9 Å². The summed E-state index contributed by atoms with van der Waals surface area (Å²) in [5.74, 6) is 0.212. The molecule has 0 fully saturated rings. The zero-order chi connectivity index (χ0) is 19.3. The first-order valence-corrected chi connectivity index (χ1v) is 7.93. The van der Waals surface area contributed by atoms with Gasteiger partial charge in [0.05, 0.1) is 36.5 Å². The molecule has 0 aliphatic heterocycles. The van der Waals surface area contributed by atoms with E-state index in [2.05, 4.69) is 5.32 Å². The van der Waals surface area contributed by atoms with Gasteiger partial charge in [0.15, 0.2) is 5.75 Å². The lowest BCUT2D eigenvalue weighted by molar-refractivity contribution is -0.385. The van der Waals surface area contributed by atoms with E-state index in [4.69, 9.17) is 25.8 Å². The topological polar surface area (TPSA) is 99.9 Å². The summed E-state index contributed by atoms with van der Waals surface area (Å²) in [6.07, 6.45) is 0. The van der Waals surface area contributed by atoms with Crippen molar-refractivity contribution in [1.82, 2.24) is 0 Å². The maximum Gasteiger partial charge on any atom is 0.311 e. The molecule has 0 saturated heterocycles. The Kier molecular flexibility index (Phi) is 6.24. The molecule has 2 aromatic carbocycles. The fourth-order valence-corrected chi connectivity index (χ4v) is 2.46. The van der Waals surface area contributed by atoms with Crippen molar-refractivity contribution in [2.24, 2.45) is 0 Å². The van der Waals surface area contributed by atoms with Gasteiger partial charge in [-0.15, -0.1) is 0 Å². The Balaban J connectivity index is 2.36. The second-order valence-electron chi connectivity index (χ2n) is 5.01. The van der Waals surface area contributed by atoms with Crippen LogP contribution < -0.4 is 19.5 Å². The van der Waals surface area contributed by atoms with Gasteiger partial charge in [0, 0.05) is 23.8 Å². The van der Waals surface area contributed by atoms with E-state index in [1.54, 1.807) is 6.92 Å². The second kappa shape index (κ2) is 8.39. The number of nitrogens with one attached hydrogen (secondary N) is 1. The van der Waals surface area contributed by atoms with Gasteiger partial charge in [-0.05, 0) is 19.1 Å². The summed E-state index contributed by atoms with van der Waals surface area (Å²) in [7, 11) is 2.87. The molecule has 0 atom stereocenters. The SMILES string of the molecule is CCOc1ccc(C(=O)Nc2cc(OC)c(Cl)cc2OC)cc1[N+](=O)[O-]. The Hall–Kier alpha value is -3.00. The lowest BCUT2D eigenvalue weighted by Crippen LogP contribution is -2.13. The molecular formula is C17H17ClN2O6. The minimum atomic E-state index is -0.603. The number of anilines is 1. The monoisotopic (exact) mass is 380 g/mol. The first-order valence-electron chi connectivity index (χ1n) is 7.55. The molecule has 0 aromatic heterocycles. The maximum absolute atomic E-state index is 12.5. The van der Waals surface area contributed by atoms with Gasteiger partial charge in [-0.1, -0.05) is 11.6 Å². The fourth-order valence-electron chi connectivity index (χ4n) is 2.23. The summed E-state index contributed by atoms with van der Waals surface area (Å²) in [6.45, 7) is 1.98. The standard InChI is InChI=1S/C17H17ClN2O6/c1-4-26-14-6-5-10(7-13(14)20(22)23)17(21)19-12-9-15(24-2)11(18)8-16(12)25-3/h5-9H,4H2,1-3H3,(H,19,21). The molecule has 2 rings (SSSR count). The van der Waals surface area contributed by atoms with Gasteiger partial charge in [-0.2, -0.15) is 0 Å². The van der Waals surface area contributed by atoms with Crippen LogP contribution in [0.2, 0.25) is 5.02 Å². The van der Waals surface area contributed by atoms with Crippen LogP contribution in [0.3, 0.4) is 0 Å². The highest BCUT2D eigenvalue weighted by molar-refractivity contribution is 6.32. The Bertz CT molecular complexity index is 840. The molecule has 138 valence electrons. The van der Waals surface area contributed by atoms with E-state index in [0.717, 1.165) is 6.07 Å². The number of nitro benzene ring substituents is 1. The van der Waals surface area contributed by atoms with Crippen molar-refractivity contribution >= 4 is 28.9 Å². The number of methoxy groups -OCH3 is 2. The van der Waals surface area contributed by atoms with Crippen molar-refractivity contribution in [3.8, 4) is 17.2 Å². The number of carbonyl (C=O) groups excluding carboxylic acids is 1. The summed E-state index contributed by atoms with van der Waals surface area (Å²) in [4.78, 5) is 23.1. The van der Waals surface area contributed by atoms with Crippen molar-refractivity contribution < 1.29 is 23.9 Å². The smallest absolute Gasteiger partial charge is 0.311 e. The van der Waals surface area contributed by atoms with Crippen molar-refractivity contribution in [2.75, 3.05) is 26.1 Å². The van der Waals surface area contributed by atoms with E-state index in [1.165, 1.54) is 38.5 Å². The highest BCUT2D eigenvalue weighted by Gasteiger charge is 2.20. The molecule has 0 radical (unpaired) electrons. The Morgan fingerprint density at radius 2 is 1.85 bits per heavy atom. The van der Waals surface area contributed by atoms with Crippen LogP contribution in [-0.2, 0) is 0 Å². The first kappa shape index (κ1) is 19.3. The number of nitro groups is 1. The van der Waals surface area contributed by atoms with E-state index in [9.17, 15) is 14.9 Å². The van der Waals surface area contributed by atoms with E-state index >= 15 is 0 Å². The third kappa shape index (κ3) is 4.15. The minimum Gasteiger partial charge on any atom is -0.495 e. The summed E-state index contributed by atoms with van der Waals surface area (Å²) < 4.78 is 15.5. The molecule has 0 unspecified atom stereocenters. The van der Waals surface area contributed by atoms with Crippen molar-refractivity contribution in [3.63, 3.8) is 0 Å². The number of benzene rings is 2. The first-order chi connectivity index (χ1) is 12.4. The average Bonchev–Trinajstić information content (AvgIpc) is 2.63. The van der Waals surface area contributed by atoms with Crippen LogP contribution in [0.5, 0.6) is 17.2 Å². The summed E-state index contributed by atoms with van der Waals surface area (Å²) in [5, 5.41) is 14.1. The zero-order valence-corrected chi connectivity index (χ0v) is 15.1. The Morgan fingerprint density at radius 1 is 1.15 bits per heavy atom. The number of rotatable bonds is 7. The van der Waals surface area contributed by atoms with Crippen molar-refractivity contribution in [1.29, 1.82) is 0 Å². The van der Waals surface area contributed by atoms with Gasteiger partial charge in [-0.25, -0.2) is 0 Å². The van der Waals surface area contributed by atoms with Crippen LogP contribution in [0, 0.1) is 10.1 Å². The lowest BCUT2D eigenvalue weighted by atomic mass is 10.1. The highest BCUT2D eigenvalue weighted by atomic mass is 35.5. The van der Waals surface area contributed by atoms with Gasteiger partial charge in [0.1, 0.15) is 11.5 Å². The third-order valence-corrected chi connectivity index (χ3v) is 3.74. The van der Waals surface area contributed by atoms with E-state index in [-0.39, 0.29) is 23.6 Å². The number of nitrogens with zero attached hydrogens (tertiary/aromatic N) is 1. The normalized spacial score (nSPS) is 10.2. The van der Waals surface area contributed by atoms with Gasteiger partial charge in [0.25, 0.3) is 5.91 Å². The van der Waals surface area contributed by atoms with Crippen LogP contribution >= 0.6 is 11.6 Å². The molecule has 8 nitrogen and oxygen atoms in total. The van der Waals surface area contributed by atoms with Crippen molar-refractivity contribution in [3.05, 3.63) is 51.0 Å². The number of halogens is 1. The second-order valence-corrected chi connectivity index (χ2v) is 5.42. The number of carbonyl (C=O) groups is 1. The third-order valence-electron chi connectivity index (χ3n) is 3.44. The number of amides is 1. The quantitative estimate of drug-likeness (QED) is 0.577. The predicted octanol–water partition coefficient (Wildman–Crippen LogP) is 3.92. The molecule has 0 aliphatic carbocycles. The number of ether oxygens (including phenoxy) is 3. The Labute approximate surface area is 154 Å². The molecular weight excluding hydrogens is 364 g/mol. The maximum atomic E-state index is 12.5. The molecule has 0 saturated carbocycles.